The van der Waals surface area contributed by atoms with Gasteiger partial charge in [-0.15, -0.1) is 0 Å². The van der Waals surface area contributed by atoms with Gasteiger partial charge in [0.15, 0.2) is 11.6 Å². The molecule has 2 rings (SSSR count). The molecule has 1 fully saturated rings. The normalized spacial score (nSPS) is 26.0. The first-order valence-corrected chi connectivity index (χ1v) is 8.31. The predicted molar refractivity (Wildman–Crippen MR) is 83.4 cm³/mol. The highest BCUT2D eigenvalue weighted by molar-refractivity contribution is 5.24. The molecule has 0 saturated heterocycles. The van der Waals surface area contributed by atoms with Crippen molar-refractivity contribution in [2.45, 2.75) is 51.9 Å². The van der Waals surface area contributed by atoms with Crippen LogP contribution < -0.4 is 5.32 Å². The van der Waals surface area contributed by atoms with E-state index in [9.17, 15) is 8.78 Å². The standard InChI is InChI=1S/C18H27F2N/c1-3-6-13-9-10-14(12-21-4-2)16(11-13)15-7-5-8-17(19)18(15)20/h5,7-8,13-14,16,21H,3-4,6,9-12H2,1-2H3. The molecule has 1 aliphatic carbocycles. The van der Waals surface area contributed by atoms with Gasteiger partial charge in [0, 0.05) is 0 Å². The van der Waals surface area contributed by atoms with Gasteiger partial charge in [0.25, 0.3) is 0 Å². The molecule has 1 aromatic carbocycles. The molecule has 118 valence electrons. The summed E-state index contributed by atoms with van der Waals surface area (Å²) in [5.74, 6) is -0.145. The zero-order valence-corrected chi connectivity index (χ0v) is 13.2. The SMILES string of the molecule is CCCC1CCC(CNCC)C(c2cccc(F)c2F)C1. The zero-order valence-electron chi connectivity index (χ0n) is 13.2. The molecule has 1 saturated carbocycles. The van der Waals surface area contributed by atoms with Crippen LogP contribution in [0.2, 0.25) is 0 Å². The summed E-state index contributed by atoms with van der Waals surface area (Å²) in [5.41, 5.74) is 0.582. The Morgan fingerprint density at radius 1 is 1.19 bits per heavy atom. The molecule has 0 aromatic heterocycles. The maximum atomic E-state index is 14.2. The van der Waals surface area contributed by atoms with Gasteiger partial charge in [-0.3, -0.25) is 0 Å². The summed E-state index contributed by atoms with van der Waals surface area (Å²) in [6, 6.07) is 4.63. The van der Waals surface area contributed by atoms with E-state index in [1.807, 2.05) is 0 Å². The molecule has 1 aliphatic rings. The second-order valence-corrected chi connectivity index (χ2v) is 6.29. The van der Waals surface area contributed by atoms with E-state index in [1.165, 1.54) is 25.3 Å². The quantitative estimate of drug-likeness (QED) is 0.789. The van der Waals surface area contributed by atoms with Gasteiger partial charge in [0.1, 0.15) is 0 Å². The Morgan fingerprint density at radius 2 is 2.00 bits per heavy atom. The lowest BCUT2D eigenvalue weighted by molar-refractivity contribution is 0.217. The maximum absolute atomic E-state index is 14.2. The van der Waals surface area contributed by atoms with Crippen molar-refractivity contribution >= 4 is 0 Å². The van der Waals surface area contributed by atoms with E-state index in [0.29, 0.717) is 17.4 Å². The molecule has 0 bridgehead atoms. The fourth-order valence-corrected chi connectivity index (χ4v) is 3.75. The molecule has 3 heteroatoms. The van der Waals surface area contributed by atoms with E-state index in [2.05, 4.69) is 19.2 Å². The Balaban J connectivity index is 2.21. The van der Waals surface area contributed by atoms with Crippen molar-refractivity contribution in [1.29, 1.82) is 0 Å². The van der Waals surface area contributed by atoms with E-state index in [-0.39, 0.29) is 5.92 Å². The molecule has 0 amide bonds. The van der Waals surface area contributed by atoms with Crippen LogP contribution in [0.15, 0.2) is 18.2 Å². The Kier molecular flexibility index (Phi) is 6.16. The highest BCUT2D eigenvalue weighted by Gasteiger charge is 2.32. The monoisotopic (exact) mass is 295 g/mol. The van der Waals surface area contributed by atoms with Crippen molar-refractivity contribution in [2.75, 3.05) is 13.1 Å². The van der Waals surface area contributed by atoms with Crippen LogP contribution in [0.1, 0.15) is 57.4 Å². The molecular weight excluding hydrogens is 268 g/mol. The molecule has 0 aliphatic heterocycles. The van der Waals surface area contributed by atoms with E-state index >= 15 is 0 Å². The van der Waals surface area contributed by atoms with Crippen molar-refractivity contribution < 1.29 is 8.78 Å². The lowest BCUT2D eigenvalue weighted by Gasteiger charge is -2.37. The van der Waals surface area contributed by atoms with Gasteiger partial charge < -0.3 is 5.32 Å². The van der Waals surface area contributed by atoms with Gasteiger partial charge in [0.05, 0.1) is 0 Å². The number of benzene rings is 1. The second kappa shape index (κ2) is 7.88. The van der Waals surface area contributed by atoms with Crippen LogP contribution in [0.5, 0.6) is 0 Å². The van der Waals surface area contributed by atoms with Crippen LogP contribution in [0, 0.1) is 23.5 Å². The van der Waals surface area contributed by atoms with Crippen LogP contribution in [-0.2, 0) is 0 Å². The van der Waals surface area contributed by atoms with Gasteiger partial charge in [-0.1, -0.05) is 45.2 Å². The van der Waals surface area contributed by atoms with Gasteiger partial charge in [-0.2, -0.15) is 0 Å². The fraction of sp³-hybridized carbons (Fsp3) is 0.667. The summed E-state index contributed by atoms with van der Waals surface area (Å²) in [6.07, 6.45) is 5.68. The third-order valence-corrected chi connectivity index (χ3v) is 4.84. The largest absolute Gasteiger partial charge is 0.317 e. The van der Waals surface area contributed by atoms with Crippen LogP contribution >= 0.6 is 0 Å². The molecule has 0 radical (unpaired) electrons. The predicted octanol–water partition coefficient (Wildman–Crippen LogP) is 4.87. The van der Waals surface area contributed by atoms with Gasteiger partial charge in [0.2, 0.25) is 0 Å². The van der Waals surface area contributed by atoms with Crippen molar-refractivity contribution in [1.82, 2.24) is 5.32 Å². The Labute approximate surface area is 127 Å². The summed E-state index contributed by atoms with van der Waals surface area (Å²) in [4.78, 5) is 0. The summed E-state index contributed by atoms with van der Waals surface area (Å²) in [7, 11) is 0. The fourth-order valence-electron chi connectivity index (χ4n) is 3.75. The highest BCUT2D eigenvalue weighted by atomic mass is 19.2. The van der Waals surface area contributed by atoms with E-state index in [0.717, 1.165) is 25.9 Å². The second-order valence-electron chi connectivity index (χ2n) is 6.29. The topological polar surface area (TPSA) is 12.0 Å². The third kappa shape index (κ3) is 4.03. The summed E-state index contributed by atoms with van der Waals surface area (Å²) < 4.78 is 27.8. The van der Waals surface area contributed by atoms with Crippen molar-refractivity contribution in [2.24, 2.45) is 11.8 Å². The lowest BCUT2D eigenvalue weighted by atomic mass is 9.70. The highest BCUT2D eigenvalue weighted by Crippen LogP contribution is 2.42. The van der Waals surface area contributed by atoms with Crippen LogP contribution in [-0.4, -0.2) is 13.1 Å². The van der Waals surface area contributed by atoms with Crippen molar-refractivity contribution in [3.05, 3.63) is 35.4 Å². The van der Waals surface area contributed by atoms with E-state index in [1.54, 1.807) is 12.1 Å². The third-order valence-electron chi connectivity index (χ3n) is 4.84. The zero-order chi connectivity index (χ0) is 15.2. The molecular formula is C18H27F2N. The maximum Gasteiger partial charge on any atom is 0.162 e. The number of halogens is 2. The van der Waals surface area contributed by atoms with Crippen LogP contribution in [0.25, 0.3) is 0 Å². The Morgan fingerprint density at radius 3 is 2.71 bits per heavy atom. The van der Waals surface area contributed by atoms with Gasteiger partial charge in [-0.05, 0) is 55.3 Å². The van der Waals surface area contributed by atoms with Crippen LogP contribution in [0.4, 0.5) is 8.78 Å². The average Bonchev–Trinajstić information content (AvgIpc) is 2.49. The number of hydrogen-bond acceptors (Lipinski definition) is 1. The van der Waals surface area contributed by atoms with Crippen LogP contribution in [0.3, 0.4) is 0 Å². The summed E-state index contributed by atoms with van der Waals surface area (Å²) in [6.45, 7) is 6.10. The summed E-state index contributed by atoms with van der Waals surface area (Å²) in [5, 5.41) is 3.38. The number of hydrogen-bond donors (Lipinski definition) is 1. The molecule has 1 N–H and O–H groups in total. The van der Waals surface area contributed by atoms with Gasteiger partial charge >= 0.3 is 0 Å². The Hall–Kier alpha value is -0.960. The molecule has 0 heterocycles. The molecule has 21 heavy (non-hydrogen) atoms. The molecule has 0 spiro atoms. The minimum atomic E-state index is -0.715. The number of nitrogens with one attached hydrogen (secondary N) is 1. The summed E-state index contributed by atoms with van der Waals surface area (Å²) >= 11 is 0. The van der Waals surface area contributed by atoms with E-state index < -0.39 is 11.6 Å². The smallest absolute Gasteiger partial charge is 0.162 e. The van der Waals surface area contributed by atoms with E-state index in [4.69, 9.17) is 0 Å². The Bertz CT molecular complexity index is 447. The first kappa shape index (κ1) is 16.4. The first-order valence-electron chi connectivity index (χ1n) is 8.31. The molecule has 3 atom stereocenters. The molecule has 1 nitrogen and oxygen atoms in total. The van der Waals surface area contributed by atoms with Gasteiger partial charge in [-0.25, -0.2) is 8.78 Å². The molecule has 1 aromatic rings. The average molecular weight is 295 g/mol. The number of rotatable bonds is 6. The minimum Gasteiger partial charge on any atom is -0.317 e. The first-order chi connectivity index (χ1) is 10.2. The molecule has 3 unspecified atom stereocenters. The van der Waals surface area contributed by atoms with Crippen molar-refractivity contribution in [3.63, 3.8) is 0 Å². The lowest BCUT2D eigenvalue weighted by Crippen LogP contribution is -2.32. The minimum absolute atomic E-state index is 0.144. The van der Waals surface area contributed by atoms with Crippen molar-refractivity contribution in [3.8, 4) is 0 Å².